The Hall–Kier alpha value is -3.16. The van der Waals surface area contributed by atoms with E-state index in [2.05, 4.69) is 4.99 Å². The van der Waals surface area contributed by atoms with E-state index in [1.165, 1.54) is 11.3 Å². The summed E-state index contributed by atoms with van der Waals surface area (Å²) < 4.78 is 7.43. The first-order valence-electron chi connectivity index (χ1n) is 10.5. The second kappa shape index (κ2) is 9.37. The van der Waals surface area contributed by atoms with Crippen LogP contribution in [0.4, 0.5) is 5.69 Å². The summed E-state index contributed by atoms with van der Waals surface area (Å²) in [5.41, 5.74) is 3.44. The van der Waals surface area contributed by atoms with E-state index in [-0.39, 0.29) is 12.2 Å². The van der Waals surface area contributed by atoms with Gasteiger partial charge in [-0.3, -0.25) is 9.36 Å². The minimum Gasteiger partial charge on any atom is -0.463 e. The Balaban J connectivity index is 1.90. The lowest BCUT2D eigenvalue weighted by Crippen LogP contribution is -2.39. The van der Waals surface area contributed by atoms with Gasteiger partial charge in [0.15, 0.2) is 4.80 Å². The van der Waals surface area contributed by atoms with E-state index in [9.17, 15) is 9.59 Å². The lowest BCUT2D eigenvalue weighted by molar-refractivity contribution is -0.139. The first-order valence-corrected chi connectivity index (χ1v) is 11.7. The van der Waals surface area contributed by atoms with Gasteiger partial charge in [-0.2, -0.15) is 0 Å². The fourth-order valence-electron chi connectivity index (χ4n) is 3.77. The monoisotopic (exact) mass is 481 g/mol. The first kappa shape index (κ1) is 23.0. The molecule has 6 nitrogen and oxygen atoms in total. The van der Waals surface area contributed by atoms with Gasteiger partial charge in [-0.25, -0.2) is 9.79 Å². The van der Waals surface area contributed by atoms with Crippen molar-refractivity contribution in [1.29, 1.82) is 0 Å². The van der Waals surface area contributed by atoms with Gasteiger partial charge in [-0.15, -0.1) is 0 Å². The molecule has 0 saturated carbocycles. The number of rotatable bonds is 5. The Labute approximate surface area is 200 Å². The SMILES string of the molecule is CCOC(=O)C1=C(C)N=c2sc(=Cc3ccc(N(C)C)cc3)c(=O)n2[C@H]1c1ccc(Cl)cc1. The number of anilines is 1. The van der Waals surface area contributed by atoms with Gasteiger partial charge < -0.3 is 9.64 Å². The van der Waals surface area contributed by atoms with Gasteiger partial charge in [-0.1, -0.05) is 47.2 Å². The summed E-state index contributed by atoms with van der Waals surface area (Å²) in [6.07, 6.45) is 1.85. The number of halogens is 1. The van der Waals surface area contributed by atoms with Crippen LogP contribution in [0.3, 0.4) is 0 Å². The molecule has 0 spiro atoms. The molecule has 3 aromatic rings. The molecule has 1 aliphatic rings. The number of aromatic nitrogens is 1. The highest BCUT2D eigenvalue weighted by molar-refractivity contribution is 7.07. The van der Waals surface area contributed by atoms with Gasteiger partial charge in [0, 0.05) is 24.8 Å². The molecule has 0 N–H and O–H groups in total. The second-order valence-corrected chi connectivity index (χ2v) is 9.29. The Bertz CT molecular complexity index is 1400. The van der Waals surface area contributed by atoms with E-state index in [1.54, 1.807) is 30.5 Å². The molecule has 33 heavy (non-hydrogen) atoms. The van der Waals surface area contributed by atoms with E-state index >= 15 is 0 Å². The molecule has 0 radical (unpaired) electrons. The standard InChI is InChI=1S/C25H24ClN3O3S/c1-5-32-24(31)21-15(2)27-25-29(22(21)17-8-10-18(26)11-9-17)23(30)20(33-25)14-16-6-12-19(13-7-16)28(3)4/h6-14,22H,5H2,1-4H3/t22-/m0/s1. The van der Waals surface area contributed by atoms with Gasteiger partial charge in [0.1, 0.15) is 0 Å². The van der Waals surface area contributed by atoms with Crippen molar-refractivity contribution in [1.82, 2.24) is 4.57 Å². The summed E-state index contributed by atoms with van der Waals surface area (Å²) in [6, 6.07) is 14.4. The van der Waals surface area contributed by atoms with Gasteiger partial charge in [0.2, 0.25) is 0 Å². The quantitative estimate of drug-likeness (QED) is 0.523. The molecule has 0 bridgehead atoms. The fraction of sp³-hybridized carbons (Fsp3) is 0.240. The summed E-state index contributed by atoms with van der Waals surface area (Å²) in [6.45, 7) is 3.75. The number of carbonyl (C=O) groups excluding carboxylic acids is 1. The third-order valence-corrected chi connectivity index (χ3v) is 6.64. The van der Waals surface area contributed by atoms with Crippen LogP contribution < -0.4 is 19.8 Å². The highest BCUT2D eigenvalue weighted by Gasteiger charge is 2.33. The molecular formula is C25H24ClN3O3S. The summed E-state index contributed by atoms with van der Waals surface area (Å²) in [7, 11) is 3.96. The molecule has 170 valence electrons. The minimum atomic E-state index is -0.643. The number of ether oxygens (including phenoxy) is 1. The number of hydrogen-bond donors (Lipinski definition) is 0. The maximum absolute atomic E-state index is 13.5. The molecule has 1 atom stereocenters. The summed E-state index contributed by atoms with van der Waals surface area (Å²) in [5.74, 6) is -0.479. The van der Waals surface area contributed by atoms with Crippen molar-refractivity contribution in [3.8, 4) is 0 Å². The van der Waals surface area contributed by atoms with Crippen LogP contribution in [0.5, 0.6) is 0 Å². The third-order valence-electron chi connectivity index (χ3n) is 5.41. The van der Waals surface area contributed by atoms with Crippen LogP contribution in [0.2, 0.25) is 5.02 Å². The third kappa shape index (κ3) is 4.51. The number of esters is 1. The lowest BCUT2D eigenvalue weighted by atomic mass is 9.96. The van der Waals surface area contributed by atoms with Crippen molar-refractivity contribution in [2.45, 2.75) is 19.9 Å². The average molecular weight is 482 g/mol. The lowest BCUT2D eigenvalue weighted by Gasteiger charge is -2.24. The van der Waals surface area contributed by atoms with E-state index in [1.807, 2.05) is 61.5 Å². The second-order valence-electron chi connectivity index (χ2n) is 7.84. The molecule has 4 rings (SSSR count). The zero-order valence-corrected chi connectivity index (χ0v) is 20.4. The topological polar surface area (TPSA) is 63.9 Å². The van der Waals surface area contributed by atoms with E-state index in [0.717, 1.165) is 16.8 Å². The van der Waals surface area contributed by atoms with Crippen LogP contribution in [0.1, 0.15) is 31.0 Å². The predicted molar refractivity (Wildman–Crippen MR) is 133 cm³/mol. The largest absolute Gasteiger partial charge is 0.463 e. The summed E-state index contributed by atoms with van der Waals surface area (Å²) >= 11 is 7.39. The Kier molecular flexibility index (Phi) is 6.54. The molecular weight excluding hydrogens is 458 g/mol. The van der Waals surface area contributed by atoms with Gasteiger partial charge >= 0.3 is 5.97 Å². The smallest absolute Gasteiger partial charge is 0.338 e. The molecule has 2 heterocycles. The number of hydrogen-bond acceptors (Lipinski definition) is 6. The van der Waals surface area contributed by atoms with Crippen molar-refractivity contribution < 1.29 is 9.53 Å². The van der Waals surface area contributed by atoms with Crippen molar-refractivity contribution in [3.63, 3.8) is 0 Å². The van der Waals surface area contributed by atoms with Crippen molar-refractivity contribution >= 4 is 40.7 Å². The van der Waals surface area contributed by atoms with Crippen molar-refractivity contribution in [2.24, 2.45) is 4.99 Å². The Morgan fingerprint density at radius 2 is 1.85 bits per heavy atom. The zero-order chi connectivity index (χ0) is 23.7. The first-order chi connectivity index (χ1) is 15.8. The molecule has 0 amide bonds. The number of carbonyl (C=O) groups is 1. The van der Waals surface area contributed by atoms with E-state index < -0.39 is 12.0 Å². The number of benzene rings is 2. The normalized spacial score (nSPS) is 15.8. The minimum absolute atomic E-state index is 0.204. The van der Waals surface area contributed by atoms with Gasteiger partial charge in [-0.05, 0) is 55.3 Å². The van der Waals surface area contributed by atoms with Gasteiger partial charge in [0.25, 0.3) is 5.56 Å². The molecule has 0 aliphatic carbocycles. The van der Waals surface area contributed by atoms with Crippen LogP contribution in [-0.2, 0) is 9.53 Å². The van der Waals surface area contributed by atoms with Crippen molar-refractivity contribution in [2.75, 3.05) is 25.6 Å². The molecule has 0 unspecified atom stereocenters. The molecule has 2 aromatic carbocycles. The molecule has 0 fully saturated rings. The van der Waals surface area contributed by atoms with E-state index in [4.69, 9.17) is 16.3 Å². The maximum Gasteiger partial charge on any atom is 0.338 e. The molecule has 1 aromatic heterocycles. The summed E-state index contributed by atoms with van der Waals surface area (Å²) in [4.78, 5) is 33.6. The highest BCUT2D eigenvalue weighted by atomic mass is 35.5. The average Bonchev–Trinajstić information content (AvgIpc) is 3.08. The van der Waals surface area contributed by atoms with Crippen molar-refractivity contribution in [3.05, 3.63) is 95.6 Å². The fourth-order valence-corrected chi connectivity index (χ4v) is 4.94. The number of fused-ring (bicyclic) bond motifs is 1. The van der Waals surface area contributed by atoms with Crippen LogP contribution in [0.25, 0.3) is 6.08 Å². The van der Waals surface area contributed by atoms with E-state index in [0.29, 0.717) is 25.6 Å². The van der Waals surface area contributed by atoms with Gasteiger partial charge in [0.05, 0.1) is 28.5 Å². The number of allylic oxidation sites excluding steroid dienone is 1. The van der Waals surface area contributed by atoms with Crippen LogP contribution in [0.15, 0.2) is 69.6 Å². The molecule has 0 saturated heterocycles. The van der Waals surface area contributed by atoms with Crippen LogP contribution in [0, 0.1) is 0 Å². The van der Waals surface area contributed by atoms with Crippen LogP contribution in [-0.4, -0.2) is 31.2 Å². The maximum atomic E-state index is 13.5. The Morgan fingerprint density at radius 3 is 2.45 bits per heavy atom. The summed E-state index contributed by atoms with van der Waals surface area (Å²) in [5, 5.41) is 0.575. The zero-order valence-electron chi connectivity index (χ0n) is 18.8. The number of nitrogens with zero attached hydrogens (tertiary/aromatic N) is 3. The Morgan fingerprint density at radius 1 is 1.18 bits per heavy atom. The van der Waals surface area contributed by atoms with Crippen LogP contribution >= 0.6 is 22.9 Å². The predicted octanol–water partition coefficient (Wildman–Crippen LogP) is 3.52. The number of thiazole rings is 1. The molecule has 8 heteroatoms. The highest BCUT2D eigenvalue weighted by Crippen LogP contribution is 2.31. The molecule has 1 aliphatic heterocycles.